The number of nitrogens with one attached hydrogen (secondary N) is 4. The van der Waals surface area contributed by atoms with Crippen molar-refractivity contribution in [2.45, 2.75) is 91.0 Å². The van der Waals surface area contributed by atoms with Crippen LogP contribution in [0.5, 0.6) is 0 Å². The van der Waals surface area contributed by atoms with Crippen LogP contribution in [0.25, 0.3) is 10.9 Å². The number of alkyl carbamates (subject to hydrolysis) is 1. The van der Waals surface area contributed by atoms with Crippen molar-refractivity contribution < 1.29 is 33.1 Å². The van der Waals surface area contributed by atoms with Gasteiger partial charge in [-0.1, -0.05) is 94.1 Å². The summed E-state index contributed by atoms with van der Waals surface area (Å²) in [5, 5.41) is 18.4. The summed E-state index contributed by atoms with van der Waals surface area (Å²) in [6.45, 7) is 9.38. The zero-order valence-corrected chi connectivity index (χ0v) is 31.3. The average Bonchev–Trinajstić information content (AvgIpc) is 3.77. The Morgan fingerprint density at radius 3 is 2.40 bits per heavy atom. The van der Waals surface area contributed by atoms with Gasteiger partial charge in [0.2, 0.25) is 17.7 Å². The van der Waals surface area contributed by atoms with E-state index in [-0.39, 0.29) is 49.7 Å². The standard InChI is InChI=1S/C37H44Cl2N6O7/c1-6-20(4)28(42-36(49)51-19-22-12-10-9-11-13-22)31(46)43-37(15-14-27-25(18-37)24-16-23(38)17-26(39)30(24)40-27)35(48)41-29(21(5)7-2)32-44-45-33(52-32)34(47)50-8-3/h9-13,16-17,20-21,28-29,40H,6-8,14-15,18-19H2,1-5H3,(H,41,48)(H,42,49)(H,43,46)/t20?,21?,28-,29-,37+/m0/s1. The van der Waals surface area contributed by atoms with Crippen molar-refractivity contribution in [1.82, 2.24) is 31.1 Å². The number of ether oxygens (including phenoxy) is 2. The molecule has 13 nitrogen and oxygen atoms in total. The topological polar surface area (TPSA) is 178 Å². The van der Waals surface area contributed by atoms with Crippen LogP contribution < -0.4 is 16.0 Å². The second-order valence-corrected chi connectivity index (χ2v) is 14.1. The van der Waals surface area contributed by atoms with Crippen molar-refractivity contribution in [2.75, 3.05) is 6.61 Å². The third-order valence-electron chi connectivity index (χ3n) is 9.74. The molecule has 2 aromatic heterocycles. The maximum Gasteiger partial charge on any atom is 0.408 e. The van der Waals surface area contributed by atoms with E-state index in [1.54, 1.807) is 19.1 Å². The van der Waals surface area contributed by atoms with Crippen molar-refractivity contribution >= 4 is 58.0 Å². The summed E-state index contributed by atoms with van der Waals surface area (Å²) in [6, 6.07) is 10.8. The van der Waals surface area contributed by atoms with E-state index in [4.69, 9.17) is 37.1 Å². The number of H-pyrrole nitrogens is 1. The highest BCUT2D eigenvalue weighted by atomic mass is 35.5. The van der Waals surface area contributed by atoms with Gasteiger partial charge in [-0.05, 0) is 54.9 Å². The van der Waals surface area contributed by atoms with Gasteiger partial charge in [-0.3, -0.25) is 9.59 Å². The van der Waals surface area contributed by atoms with E-state index < -0.39 is 41.5 Å². The fourth-order valence-electron chi connectivity index (χ4n) is 6.33. The number of nitrogens with zero attached hydrogens (tertiary/aromatic N) is 2. The van der Waals surface area contributed by atoms with Gasteiger partial charge < -0.3 is 34.8 Å². The lowest BCUT2D eigenvalue weighted by Gasteiger charge is -2.39. The number of hydrogen-bond donors (Lipinski definition) is 4. The Labute approximate surface area is 311 Å². The third kappa shape index (κ3) is 8.53. The number of aromatic amines is 1. The molecule has 15 heteroatoms. The molecule has 1 aliphatic rings. The van der Waals surface area contributed by atoms with E-state index in [0.717, 1.165) is 22.2 Å². The van der Waals surface area contributed by atoms with Crippen molar-refractivity contribution in [2.24, 2.45) is 11.8 Å². The van der Waals surface area contributed by atoms with Gasteiger partial charge in [0.25, 0.3) is 0 Å². The molecule has 0 saturated heterocycles. The van der Waals surface area contributed by atoms with Crippen LogP contribution in [0.2, 0.25) is 10.0 Å². The average molecular weight is 756 g/mol. The minimum absolute atomic E-state index is 0.0207. The SMILES string of the molecule is CCOC(=O)c1nnc([C@@H](NC(=O)[C@@]2(NC(=O)[C@@H](NC(=O)OCc3ccccc3)C(C)CC)CCc3[nH]c4c(Cl)cc(Cl)cc4c3C2)C(C)CC)o1. The minimum atomic E-state index is -1.51. The van der Waals surface area contributed by atoms with Gasteiger partial charge in [-0.2, -0.15) is 0 Å². The van der Waals surface area contributed by atoms with Crippen molar-refractivity contribution in [1.29, 1.82) is 0 Å². The highest BCUT2D eigenvalue weighted by Crippen LogP contribution is 2.39. The molecule has 3 amide bonds. The number of carbonyl (C=O) groups is 4. The van der Waals surface area contributed by atoms with E-state index in [2.05, 4.69) is 31.1 Å². The van der Waals surface area contributed by atoms with Crippen molar-refractivity contribution in [3.63, 3.8) is 0 Å². The van der Waals surface area contributed by atoms with E-state index >= 15 is 0 Å². The molecule has 5 rings (SSSR count). The molecule has 0 radical (unpaired) electrons. The van der Waals surface area contributed by atoms with Crippen LogP contribution in [-0.2, 0) is 38.5 Å². The third-order valence-corrected chi connectivity index (χ3v) is 10.3. The molecule has 0 fully saturated rings. The first-order valence-corrected chi connectivity index (χ1v) is 18.2. The summed E-state index contributed by atoms with van der Waals surface area (Å²) in [6.07, 6.45) is 1.06. The van der Waals surface area contributed by atoms with Gasteiger partial charge in [-0.25, -0.2) is 9.59 Å². The first kappa shape index (κ1) is 38.6. The molecule has 0 saturated carbocycles. The number of halogens is 2. The van der Waals surface area contributed by atoms with Gasteiger partial charge in [0.05, 0.1) is 17.1 Å². The van der Waals surface area contributed by atoms with E-state index in [1.165, 1.54) is 0 Å². The Kier molecular flexibility index (Phi) is 12.5. The fourth-order valence-corrected chi connectivity index (χ4v) is 6.87. The zero-order valence-electron chi connectivity index (χ0n) is 29.8. The van der Waals surface area contributed by atoms with Crippen LogP contribution in [0.4, 0.5) is 4.79 Å². The van der Waals surface area contributed by atoms with Crippen molar-refractivity contribution in [3.8, 4) is 0 Å². The number of amides is 3. The number of carbonyl (C=O) groups excluding carboxylic acids is 4. The quantitative estimate of drug-likeness (QED) is 0.103. The van der Waals surface area contributed by atoms with Gasteiger partial charge in [0.1, 0.15) is 24.2 Å². The van der Waals surface area contributed by atoms with Gasteiger partial charge >= 0.3 is 18.0 Å². The van der Waals surface area contributed by atoms with Crippen LogP contribution in [0.15, 0.2) is 46.9 Å². The number of aromatic nitrogens is 3. The summed E-state index contributed by atoms with van der Waals surface area (Å²) in [5.41, 5.74) is 1.60. The minimum Gasteiger partial charge on any atom is -0.459 e. The second kappa shape index (κ2) is 16.8. The molecule has 4 N–H and O–H groups in total. The Hall–Kier alpha value is -4.62. The normalized spacial score (nSPS) is 17.7. The first-order valence-electron chi connectivity index (χ1n) is 17.5. The van der Waals surface area contributed by atoms with Crippen LogP contribution in [0.3, 0.4) is 0 Å². The lowest BCUT2D eigenvalue weighted by atomic mass is 9.78. The lowest BCUT2D eigenvalue weighted by molar-refractivity contribution is -0.136. The summed E-state index contributed by atoms with van der Waals surface area (Å²) < 4.78 is 16.2. The number of rotatable bonds is 14. The maximum atomic E-state index is 14.8. The number of esters is 1. The predicted molar refractivity (Wildman–Crippen MR) is 195 cm³/mol. The maximum absolute atomic E-state index is 14.8. The number of benzene rings is 2. The van der Waals surface area contributed by atoms with Crippen LogP contribution in [0.1, 0.15) is 93.3 Å². The molecular weight excluding hydrogens is 711 g/mol. The van der Waals surface area contributed by atoms with Crippen molar-refractivity contribution in [3.05, 3.63) is 81.1 Å². The highest BCUT2D eigenvalue weighted by molar-refractivity contribution is 6.38. The molecule has 0 bridgehead atoms. The van der Waals surface area contributed by atoms with Crippen LogP contribution >= 0.6 is 23.2 Å². The molecule has 1 aliphatic carbocycles. The lowest BCUT2D eigenvalue weighted by Crippen LogP contribution is -2.65. The summed E-state index contributed by atoms with van der Waals surface area (Å²) in [4.78, 5) is 57.8. The molecule has 0 spiro atoms. The summed E-state index contributed by atoms with van der Waals surface area (Å²) in [7, 11) is 0. The summed E-state index contributed by atoms with van der Waals surface area (Å²) in [5.74, 6) is -2.68. The van der Waals surface area contributed by atoms with Crippen LogP contribution in [0, 0.1) is 11.8 Å². The molecule has 2 unspecified atom stereocenters. The first-order chi connectivity index (χ1) is 24.9. The Balaban J connectivity index is 1.48. The molecule has 2 aromatic carbocycles. The largest absolute Gasteiger partial charge is 0.459 e. The molecule has 278 valence electrons. The number of aryl methyl sites for hydroxylation is 1. The summed E-state index contributed by atoms with van der Waals surface area (Å²) >= 11 is 13.0. The smallest absolute Gasteiger partial charge is 0.408 e. The van der Waals surface area contributed by atoms with Gasteiger partial charge in [-0.15, -0.1) is 10.2 Å². The van der Waals surface area contributed by atoms with Gasteiger partial charge in [0, 0.05) is 22.5 Å². The van der Waals surface area contributed by atoms with Gasteiger partial charge in [0.15, 0.2) is 0 Å². The van der Waals surface area contributed by atoms with E-state index in [9.17, 15) is 19.2 Å². The monoisotopic (exact) mass is 754 g/mol. The molecule has 52 heavy (non-hydrogen) atoms. The predicted octanol–water partition coefficient (Wildman–Crippen LogP) is 6.62. The highest BCUT2D eigenvalue weighted by Gasteiger charge is 2.47. The van der Waals surface area contributed by atoms with E-state index in [1.807, 2.05) is 58.0 Å². The van der Waals surface area contributed by atoms with Crippen LogP contribution in [-0.4, -0.2) is 57.2 Å². The Morgan fingerprint density at radius 1 is 0.981 bits per heavy atom. The fraction of sp³-hybridized carbons (Fsp3) is 0.459. The molecule has 2 heterocycles. The molecule has 4 aromatic rings. The Morgan fingerprint density at radius 2 is 1.71 bits per heavy atom. The Bertz CT molecular complexity index is 1910. The zero-order chi connectivity index (χ0) is 37.6. The number of fused-ring (bicyclic) bond motifs is 3. The molecular formula is C37H44Cl2N6O7. The molecule has 5 atom stereocenters. The van der Waals surface area contributed by atoms with E-state index in [0.29, 0.717) is 34.8 Å². The molecule has 0 aliphatic heterocycles. The second-order valence-electron chi connectivity index (χ2n) is 13.2. The number of hydrogen-bond acceptors (Lipinski definition) is 9.